The monoisotopic (exact) mass is 330 g/mol. The molecular formula is C17H15ClN2OS. The van der Waals surface area contributed by atoms with Gasteiger partial charge in [-0.1, -0.05) is 48.5 Å². The van der Waals surface area contributed by atoms with Gasteiger partial charge in [0, 0.05) is 22.4 Å². The van der Waals surface area contributed by atoms with Crippen molar-refractivity contribution in [3.05, 3.63) is 65.2 Å². The summed E-state index contributed by atoms with van der Waals surface area (Å²) in [5.41, 5.74) is 1.48. The fraction of sp³-hybridized carbons (Fsp3) is 0.176. The Hall–Kier alpha value is -1.78. The molecule has 3 nitrogen and oxygen atoms in total. The summed E-state index contributed by atoms with van der Waals surface area (Å²) in [5.74, 6) is -0.00911. The van der Waals surface area contributed by atoms with Crippen LogP contribution < -0.4 is 0 Å². The van der Waals surface area contributed by atoms with Crippen molar-refractivity contribution >= 4 is 40.1 Å². The molecule has 1 amide bonds. The van der Waals surface area contributed by atoms with Gasteiger partial charge in [0.25, 0.3) is 5.91 Å². The maximum absolute atomic E-state index is 12.7. The van der Waals surface area contributed by atoms with Crippen LogP contribution in [0.1, 0.15) is 17.3 Å². The first kappa shape index (κ1) is 15.1. The van der Waals surface area contributed by atoms with Crippen molar-refractivity contribution in [1.82, 2.24) is 4.90 Å². The van der Waals surface area contributed by atoms with Crippen molar-refractivity contribution in [3.8, 4) is 0 Å². The molecular weight excluding hydrogens is 316 g/mol. The third-order valence-electron chi connectivity index (χ3n) is 3.29. The highest BCUT2D eigenvalue weighted by Crippen LogP contribution is 2.29. The fourth-order valence-corrected chi connectivity index (χ4v) is 3.39. The van der Waals surface area contributed by atoms with Crippen LogP contribution in [0.25, 0.3) is 0 Å². The molecule has 1 saturated heterocycles. The van der Waals surface area contributed by atoms with Crippen LogP contribution in [0.15, 0.2) is 59.6 Å². The quantitative estimate of drug-likeness (QED) is 0.805. The lowest BCUT2D eigenvalue weighted by atomic mass is 10.2. The van der Waals surface area contributed by atoms with E-state index in [1.165, 1.54) is 0 Å². The van der Waals surface area contributed by atoms with Gasteiger partial charge in [0.05, 0.1) is 5.69 Å². The average molecular weight is 331 g/mol. The molecule has 112 valence electrons. The molecule has 0 unspecified atom stereocenters. The smallest absolute Gasteiger partial charge is 0.259 e. The molecule has 1 aliphatic rings. The summed E-state index contributed by atoms with van der Waals surface area (Å²) in [7, 11) is 0. The highest BCUT2D eigenvalue weighted by Gasteiger charge is 2.31. The summed E-state index contributed by atoms with van der Waals surface area (Å²) >= 11 is 7.51. The van der Waals surface area contributed by atoms with E-state index in [0.717, 1.165) is 10.9 Å². The molecule has 1 atom stereocenters. The standard InChI is InChI=1S/C17H15ClN2OS/c1-12-11-20(16(21)13-5-3-2-4-6-13)17(22-12)19-15-9-7-14(18)8-10-15/h2-10,12H,11H2,1H3/t12-/m1/s1. The van der Waals surface area contributed by atoms with Crippen LogP contribution in [0.5, 0.6) is 0 Å². The maximum Gasteiger partial charge on any atom is 0.259 e. The molecule has 0 aliphatic carbocycles. The van der Waals surface area contributed by atoms with Crippen molar-refractivity contribution in [2.24, 2.45) is 4.99 Å². The van der Waals surface area contributed by atoms with Crippen LogP contribution >= 0.6 is 23.4 Å². The van der Waals surface area contributed by atoms with Crippen LogP contribution in [0.2, 0.25) is 5.02 Å². The molecule has 0 N–H and O–H groups in total. The first-order valence-electron chi connectivity index (χ1n) is 7.01. The number of hydrogen-bond donors (Lipinski definition) is 0. The van der Waals surface area contributed by atoms with E-state index in [0.29, 0.717) is 22.4 Å². The minimum atomic E-state index is -0.00911. The molecule has 0 radical (unpaired) electrons. The molecule has 1 fully saturated rings. The van der Waals surface area contributed by atoms with E-state index < -0.39 is 0 Å². The minimum absolute atomic E-state index is 0.00911. The van der Waals surface area contributed by atoms with Crippen LogP contribution in [0.3, 0.4) is 0 Å². The zero-order chi connectivity index (χ0) is 15.5. The number of nitrogens with zero attached hydrogens (tertiary/aromatic N) is 2. The van der Waals surface area contributed by atoms with Gasteiger partial charge < -0.3 is 0 Å². The van der Waals surface area contributed by atoms with E-state index in [1.54, 1.807) is 28.8 Å². The van der Waals surface area contributed by atoms with Gasteiger partial charge >= 0.3 is 0 Å². The molecule has 22 heavy (non-hydrogen) atoms. The summed E-state index contributed by atoms with van der Waals surface area (Å²) in [4.78, 5) is 19.0. The molecule has 0 saturated carbocycles. The number of thioether (sulfide) groups is 1. The summed E-state index contributed by atoms with van der Waals surface area (Å²) in [6.07, 6.45) is 0. The maximum atomic E-state index is 12.7. The second-order valence-electron chi connectivity index (χ2n) is 5.08. The van der Waals surface area contributed by atoms with Gasteiger partial charge in [0.1, 0.15) is 0 Å². The van der Waals surface area contributed by atoms with Gasteiger partial charge in [0.15, 0.2) is 5.17 Å². The Bertz CT molecular complexity index is 700. The zero-order valence-electron chi connectivity index (χ0n) is 12.1. The number of halogens is 1. The Labute approximate surface area is 139 Å². The number of aliphatic imine (C=N–C) groups is 1. The van der Waals surface area contributed by atoms with Gasteiger partial charge in [-0.05, 0) is 36.4 Å². The topological polar surface area (TPSA) is 32.7 Å². The largest absolute Gasteiger partial charge is 0.286 e. The Morgan fingerprint density at radius 3 is 2.55 bits per heavy atom. The van der Waals surface area contributed by atoms with E-state index in [1.807, 2.05) is 42.5 Å². The number of carbonyl (C=O) groups is 1. The summed E-state index contributed by atoms with van der Waals surface area (Å²) < 4.78 is 0. The van der Waals surface area contributed by atoms with Crippen LogP contribution in [0, 0.1) is 0 Å². The second-order valence-corrected chi connectivity index (χ2v) is 6.92. The summed E-state index contributed by atoms with van der Waals surface area (Å²) in [6.45, 7) is 2.77. The van der Waals surface area contributed by atoms with Crippen LogP contribution in [-0.4, -0.2) is 27.8 Å². The molecule has 0 bridgehead atoms. The van der Waals surface area contributed by atoms with Crippen molar-refractivity contribution in [1.29, 1.82) is 0 Å². The molecule has 5 heteroatoms. The first-order chi connectivity index (χ1) is 10.6. The minimum Gasteiger partial charge on any atom is -0.286 e. The third-order valence-corrected chi connectivity index (χ3v) is 4.62. The van der Waals surface area contributed by atoms with Gasteiger partial charge in [-0.3, -0.25) is 9.69 Å². The van der Waals surface area contributed by atoms with E-state index in [-0.39, 0.29) is 5.91 Å². The SMILES string of the molecule is C[C@@H]1CN(C(=O)c2ccccc2)C(=Nc2ccc(Cl)cc2)S1. The number of amides is 1. The van der Waals surface area contributed by atoms with E-state index in [2.05, 4.69) is 11.9 Å². The molecule has 2 aromatic rings. The second kappa shape index (κ2) is 6.55. The normalized spacial score (nSPS) is 19.6. The predicted octanol–water partition coefficient (Wildman–Crippen LogP) is 4.61. The molecule has 0 aromatic heterocycles. The predicted molar refractivity (Wildman–Crippen MR) is 93.1 cm³/mol. The third kappa shape index (κ3) is 3.34. The Kier molecular flexibility index (Phi) is 4.50. The summed E-state index contributed by atoms with van der Waals surface area (Å²) in [5, 5.41) is 1.75. The van der Waals surface area contributed by atoms with Gasteiger partial charge in [-0.15, -0.1) is 0 Å². The number of amidine groups is 1. The van der Waals surface area contributed by atoms with Crippen molar-refractivity contribution in [2.45, 2.75) is 12.2 Å². The Balaban J connectivity index is 1.89. The molecule has 1 heterocycles. The molecule has 3 rings (SSSR count). The van der Waals surface area contributed by atoms with Gasteiger partial charge in [-0.25, -0.2) is 4.99 Å². The highest BCUT2D eigenvalue weighted by molar-refractivity contribution is 8.14. The van der Waals surface area contributed by atoms with Crippen molar-refractivity contribution in [2.75, 3.05) is 6.54 Å². The molecule has 2 aromatic carbocycles. The van der Waals surface area contributed by atoms with Gasteiger partial charge in [-0.2, -0.15) is 0 Å². The fourth-order valence-electron chi connectivity index (χ4n) is 2.24. The van der Waals surface area contributed by atoms with Crippen LogP contribution in [0.4, 0.5) is 5.69 Å². The Morgan fingerprint density at radius 2 is 1.86 bits per heavy atom. The van der Waals surface area contributed by atoms with E-state index in [4.69, 9.17) is 11.6 Å². The molecule has 0 spiro atoms. The first-order valence-corrected chi connectivity index (χ1v) is 8.27. The van der Waals surface area contributed by atoms with E-state index in [9.17, 15) is 4.79 Å². The lowest BCUT2D eigenvalue weighted by molar-refractivity contribution is 0.0855. The van der Waals surface area contributed by atoms with Gasteiger partial charge in [0.2, 0.25) is 0 Å². The average Bonchev–Trinajstić information content (AvgIpc) is 2.90. The van der Waals surface area contributed by atoms with E-state index >= 15 is 0 Å². The lowest BCUT2D eigenvalue weighted by Crippen LogP contribution is -2.32. The highest BCUT2D eigenvalue weighted by atomic mass is 35.5. The molecule has 1 aliphatic heterocycles. The Morgan fingerprint density at radius 1 is 1.18 bits per heavy atom. The number of benzene rings is 2. The zero-order valence-corrected chi connectivity index (χ0v) is 13.6. The number of rotatable bonds is 2. The number of hydrogen-bond acceptors (Lipinski definition) is 3. The lowest BCUT2D eigenvalue weighted by Gasteiger charge is -2.16. The van der Waals surface area contributed by atoms with Crippen molar-refractivity contribution in [3.63, 3.8) is 0 Å². The summed E-state index contributed by atoms with van der Waals surface area (Å²) in [6, 6.07) is 16.6. The number of carbonyl (C=O) groups excluding carboxylic acids is 1. The van der Waals surface area contributed by atoms with Crippen LogP contribution in [-0.2, 0) is 0 Å². The van der Waals surface area contributed by atoms with Crippen molar-refractivity contribution < 1.29 is 4.79 Å².